The molecule has 0 fully saturated rings. The number of aliphatic hydroxyl groups excluding tert-OH is 2. The zero-order chi connectivity index (χ0) is 43.5. The SMILES string of the molecule is CC/C=C\C/C=C\C/C=C\C/C=C\C/C=C\C/C=C\CCCCCCCCCCCCCCCCCCCCCCCCC(=O)NC(CO)C(O)CCCCCCCCC. The molecule has 0 radical (unpaired) electrons. The van der Waals surface area contributed by atoms with Crippen LogP contribution in [0.4, 0.5) is 0 Å². The minimum atomic E-state index is -0.656. The Bertz CT molecular complexity index is 1040. The van der Waals surface area contributed by atoms with E-state index in [1.807, 2.05) is 0 Å². The molecule has 0 aromatic rings. The van der Waals surface area contributed by atoms with Crippen LogP contribution in [0.25, 0.3) is 0 Å². The highest BCUT2D eigenvalue weighted by molar-refractivity contribution is 5.76. The summed E-state index contributed by atoms with van der Waals surface area (Å²) in [6, 6.07) is -0.533. The highest BCUT2D eigenvalue weighted by Crippen LogP contribution is 2.16. The third-order valence-electron chi connectivity index (χ3n) is 11.7. The van der Waals surface area contributed by atoms with Crippen LogP contribution in [0.2, 0.25) is 0 Å². The van der Waals surface area contributed by atoms with Gasteiger partial charge in [0.25, 0.3) is 0 Å². The Morgan fingerprint density at radius 1 is 0.417 bits per heavy atom. The van der Waals surface area contributed by atoms with E-state index in [0.717, 1.165) is 64.2 Å². The second kappa shape index (κ2) is 51.2. The van der Waals surface area contributed by atoms with E-state index in [9.17, 15) is 15.0 Å². The molecule has 1 amide bonds. The molecule has 0 aliphatic heterocycles. The van der Waals surface area contributed by atoms with Crippen molar-refractivity contribution in [2.75, 3.05) is 6.61 Å². The van der Waals surface area contributed by atoms with Crippen LogP contribution in [0.1, 0.15) is 258 Å². The van der Waals surface area contributed by atoms with Crippen molar-refractivity contribution in [3.05, 3.63) is 72.9 Å². The minimum Gasteiger partial charge on any atom is -0.394 e. The first-order valence-corrected chi connectivity index (χ1v) is 26.1. The summed E-state index contributed by atoms with van der Waals surface area (Å²) in [6.45, 7) is 4.20. The van der Waals surface area contributed by atoms with Crippen LogP contribution in [-0.2, 0) is 4.79 Å². The molecule has 4 nitrogen and oxygen atoms in total. The van der Waals surface area contributed by atoms with Gasteiger partial charge in [-0.3, -0.25) is 4.79 Å². The molecule has 2 atom stereocenters. The van der Waals surface area contributed by atoms with Gasteiger partial charge in [0.2, 0.25) is 5.91 Å². The Balaban J connectivity index is 3.38. The molecular weight excluding hydrogens is 735 g/mol. The van der Waals surface area contributed by atoms with Gasteiger partial charge in [-0.1, -0.05) is 260 Å². The average Bonchev–Trinajstić information content (AvgIpc) is 3.25. The largest absolute Gasteiger partial charge is 0.394 e. The van der Waals surface area contributed by atoms with Gasteiger partial charge >= 0.3 is 0 Å². The average molecular weight is 836 g/mol. The molecule has 0 heterocycles. The van der Waals surface area contributed by atoms with Gasteiger partial charge in [0.05, 0.1) is 18.8 Å². The van der Waals surface area contributed by atoms with E-state index in [2.05, 4.69) is 92.1 Å². The van der Waals surface area contributed by atoms with Gasteiger partial charge in [-0.15, -0.1) is 0 Å². The predicted octanol–water partition coefficient (Wildman–Crippen LogP) is 17.0. The summed E-state index contributed by atoms with van der Waals surface area (Å²) in [5.74, 6) is -0.0339. The van der Waals surface area contributed by atoms with E-state index >= 15 is 0 Å². The molecule has 0 saturated heterocycles. The molecular formula is C56H101NO3. The lowest BCUT2D eigenvalue weighted by molar-refractivity contribution is -0.123. The summed E-state index contributed by atoms with van der Waals surface area (Å²) in [6.07, 6.45) is 73.4. The van der Waals surface area contributed by atoms with Crippen LogP contribution < -0.4 is 5.32 Å². The van der Waals surface area contributed by atoms with Gasteiger partial charge < -0.3 is 15.5 Å². The van der Waals surface area contributed by atoms with Crippen molar-refractivity contribution in [1.29, 1.82) is 0 Å². The second-order valence-corrected chi connectivity index (χ2v) is 17.6. The number of aliphatic hydroxyl groups is 2. The Morgan fingerprint density at radius 2 is 0.733 bits per heavy atom. The Kier molecular flexibility index (Phi) is 49.3. The zero-order valence-electron chi connectivity index (χ0n) is 40.0. The number of hydrogen-bond donors (Lipinski definition) is 3. The van der Waals surface area contributed by atoms with Crippen molar-refractivity contribution >= 4 is 5.91 Å². The van der Waals surface area contributed by atoms with Gasteiger partial charge in [0.15, 0.2) is 0 Å². The lowest BCUT2D eigenvalue weighted by atomic mass is 10.0. The predicted molar refractivity (Wildman–Crippen MR) is 267 cm³/mol. The Hall–Kier alpha value is -2.17. The smallest absolute Gasteiger partial charge is 0.220 e. The summed E-state index contributed by atoms with van der Waals surface area (Å²) >= 11 is 0. The number of carbonyl (C=O) groups is 1. The number of hydrogen-bond acceptors (Lipinski definition) is 3. The molecule has 0 aromatic heterocycles. The van der Waals surface area contributed by atoms with Crippen molar-refractivity contribution in [3.8, 4) is 0 Å². The molecule has 0 aromatic carbocycles. The van der Waals surface area contributed by atoms with Crippen molar-refractivity contribution in [2.45, 2.75) is 270 Å². The fourth-order valence-electron chi connectivity index (χ4n) is 7.78. The maximum absolute atomic E-state index is 12.4. The van der Waals surface area contributed by atoms with Gasteiger partial charge in [0, 0.05) is 6.42 Å². The number of amides is 1. The Labute approximate surface area is 374 Å². The Morgan fingerprint density at radius 3 is 1.10 bits per heavy atom. The van der Waals surface area contributed by atoms with Crippen molar-refractivity contribution < 1.29 is 15.0 Å². The molecule has 0 aliphatic rings. The van der Waals surface area contributed by atoms with Gasteiger partial charge in [-0.25, -0.2) is 0 Å². The zero-order valence-corrected chi connectivity index (χ0v) is 40.0. The molecule has 2 unspecified atom stereocenters. The lowest BCUT2D eigenvalue weighted by Crippen LogP contribution is -2.45. The number of nitrogens with one attached hydrogen (secondary N) is 1. The standard InChI is InChI=1S/C56H101NO3/c1-3-5-7-9-11-12-13-14-15-16-17-18-19-20-21-22-23-24-25-26-27-28-29-30-31-32-33-34-35-36-37-38-39-40-41-42-43-44-46-48-50-52-56(60)57-54(53-58)55(59)51-49-47-45-10-8-6-4-2/h5,7,11-12,14-15,17-18,20-21,23-24,54-55,58-59H,3-4,6,8-10,13,16,19,22,25-53H2,1-2H3,(H,57,60)/b7-5-,12-11-,15-14-,18-17-,21-20-,24-23-. The molecule has 348 valence electrons. The molecule has 0 spiro atoms. The molecule has 0 saturated carbocycles. The topological polar surface area (TPSA) is 69.6 Å². The number of rotatable bonds is 47. The van der Waals surface area contributed by atoms with Crippen LogP contribution >= 0.6 is 0 Å². The van der Waals surface area contributed by atoms with Crippen LogP contribution in [0.15, 0.2) is 72.9 Å². The summed E-state index contributed by atoms with van der Waals surface area (Å²) in [5.41, 5.74) is 0. The summed E-state index contributed by atoms with van der Waals surface area (Å²) in [7, 11) is 0. The molecule has 0 rings (SSSR count). The normalized spacial score (nSPS) is 13.5. The fourth-order valence-corrected chi connectivity index (χ4v) is 7.78. The van der Waals surface area contributed by atoms with Crippen LogP contribution in [0.3, 0.4) is 0 Å². The van der Waals surface area contributed by atoms with Crippen LogP contribution in [0.5, 0.6) is 0 Å². The number of allylic oxidation sites excluding steroid dienone is 12. The summed E-state index contributed by atoms with van der Waals surface area (Å²) < 4.78 is 0. The van der Waals surface area contributed by atoms with Crippen molar-refractivity contribution in [2.24, 2.45) is 0 Å². The van der Waals surface area contributed by atoms with Crippen LogP contribution in [0, 0.1) is 0 Å². The summed E-state index contributed by atoms with van der Waals surface area (Å²) in [5, 5.41) is 23.0. The number of carbonyl (C=O) groups excluding carboxylic acids is 1. The van der Waals surface area contributed by atoms with E-state index in [1.165, 1.54) is 167 Å². The monoisotopic (exact) mass is 836 g/mol. The van der Waals surface area contributed by atoms with Crippen molar-refractivity contribution in [3.63, 3.8) is 0 Å². The molecule has 0 bridgehead atoms. The highest BCUT2D eigenvalue weighted by Gasteiger charge is 2.20. The second-order valence-electron chi connectivity index (χ2n) is 17.6. The van der Waals surface area contributed by atoms with Gasteiger partial charge in [-0.05, 0) is 64.2 Å². The third kappa shape index (κ3) is 46.9. The third-order valence-corrected chi connectivity index (χ3v) is 11.7. The first kappa shape index (κ1) is 57.8. The maximum Gasteiger partial charge on any atom is 0.220 e. The molecule has 60 heavy (non-hydrogen) atoms. The minimum absolute atomic E-state index is 0.0339. The molecule has 3 N–H and O–H groups in total. The molecule has 0 aliphatic carbocycles. The van der Waals surface area contributed by atoms with Gasteiger partial charge in [-0.2, -0.15) is 0 Å². The first-order valence-electron chi connectivity index (χ1n) is 26.1. The maximum atomic E-state index is 12.4. The molecule has 4 heteroatoms. The summed E-state index contributed by atoms with van der Waals surface area (Å²) in [4.78, 5) is 12.4. The van der Waals surface area contributed by atoms with E-state index in [-0.39, 0.29) is 12.5 Å². The quantitative estimate of drug-likeness (QED) is 0.0422. The fraction of sp³-hybridized carbons (Fsp3) is 0.768. The van der Waals surface area contributed by atoms with E-state index in [4.69, 9.17) is 0 Å². The lowest BCUT2D eigenvalue weighted by Gasteiger charge is -2.22. The van der Waals surface area contributed by atoms with Crippen LogP contribution in [-0.4, -0.2) is 34.9 Å². The van der Waals surface area contributed by atoms with Gasteiger partial charge in [0.1, 0.15) is 0 Å². The van der Waals surface area contributed by atoms with E-state index in [0.29, 0.717) is 12.8 Å². The highest BCUT2D eigenvalue weighted by atomic mass is 16.3. The van der Waals surface area contributed by atoms with Crippen molar-refractivity contribution in [1.82, 2.24) is 5.32 Å². The first-order chi connectivity index (χ1) is 29.7. The van der Waals surface area contributed by atoms with E-state index in [1.54, 1.807) is 0 Å². The number of unbranched alkanes of at least 4 members (excludes halogenated alkanes) is 28. The van der Waals surface area contributed by atoms with E-state index < -0.39 is 12.1 Å².